The van der Waals surface area contributed by atoms with E-state index in [4.69, 9.17) is 0 Å². The molecule has 0 aliphatic heterocycles. The van der Waals surface area contributed by atoms with Crippen molar-refractivity contribution < 1.29 is 8.76 Å². The van der Waals surface area contributed by atoms with E-state index in [2.05, 4.69) is 0 Å². The minimum atomic E-state index is -1.83. The van der Waals surface area contributed by atoms with Crippen molar-refractivity contribution in [3.63, 3.8) is 0 Å². The molecule has 0 N–H and O–H groups in total. The number of hydrogen-bond donors (Lipinski definition) is 0. The van der Waals surface area contributed by atoms with Crippen molar-refractivity contribution in [2.75, 3.05) is 5.75 Å². The van der Waals surface area contributed by atoms with Crippen LogP contribution in [0.25, 0.3) is 0 Å². The number of hydrogen-bond acceptors (Lipinski definition) is 2. The van der Waals surface area contributed by atoms with Crippen molar-refractivity contribution in [1.29, 1.82) is 0 Å². The Labute approximate surface area is 89.8 Å². The highest BCUT2D eigenvalue weighted by Gasteiger charge is 2.11. The van der Waals surface area contributed by atoms with E-state index >= 15 is 0 Å². The second kappa shape index (κ2) is 7.41. The Hall–Kier alpha value is 0.110. The summed E-state index contributed by atoms with van der Waals surface area (Å²) in [5, 5.41) is 0. The molecule has 1 aliphatic rings. The molecule has 0 amide bonds. The molecule has 2 nitrogen and oxygen atoms in total. The van der Waals surface area contributed by atoms with E-state index in [0.717, 1.165) is 18.8 Å². The Balaban J connectivity index is 2.01. The molecule has 1 saturated carbocycles. The van der Waals surface area contributed by atoms with E-state index in [1.54, 1.807) is 0 Å². The summed E-state index contributed by atoms with van der Waals surface area (Å²) in [7, 11) is 0. The Morgan fingerprint density at radius 3 is 2.29 bits per heavy atom. The van der Waals surface area contributed by atoms with Gasteiger partial charge in [0.1, 0.15) is 0 Å². The predicted molar refractivity (Wildman–Crippen MR) is 58.8 cm³/mol. The lowest BCUT2D eigenvalue weighted by Crippen LogP contribution is -2.01. The van der Waals surface area contributed by atoms with Gasteiger partial charge in [-0.1, -0.05) is 62.4 Å². The monoisotopic (exact) mass is 217 g/mol. The maximum atomic E-state index is 10.3. The third-order valence-electron chi connectivity index (χ3n) is 3.15. The molecule has 84 valence electrons. The second-order valence-electron chi connectivity index (χ2n) is 4.36. The Morgan fingerprint density at radius 2 is 1.71 bits per heavy atom. The topological polar surface area (TPSA) is 40.1 Å². The fraction of sp³-hybridized carbons (Fsp3) is 1.00. The van der Waals surface area contributed by atoms with Gasteiger partial charge in [-0.15, -0.1) is 0 Å². The Morgan fingerprint density at radius 1 is 1.07 bits per heavy atom. The zero-order valence-electron chi connectivity index (χ0n) is 8.87. The van der Waals surface area contributed by atoms with Crippen LogP contribution in [0.2, 0.25) is 0 Å². The summed E-state index contributed by atoms with van der Waals surface area (Å²) >= 11 is -1.83. The van der Waals surface area contributed by atoms with Gasteiger partial charge in [0.25, 0.3) is 0 Å². The van der Waals surface area contributed by atoms with Gasteiger partial charge < -0.3 is 4.55 Å². The van der Waals surface area contributed by atoms with E-state index < -0.39 is 11.1 Å². The summed E-state index contributed by atoms with van der Waals surface area (Å²) in [4.78, 5) is 0. The van der Waals surface area contributed by atoms with Gasteiger partial charge in [0.05, 0.1) is 0 Å². The standard InChI is InChI=1S/C11H22O2S/c12-14(13)10-6-5-9-11-7-3-1-2-4-8-11/h11H,1-10H2,(H,12,13)/p-1. The first-order chi connectivity index (χ1) is 6.79. The highest BCUT2D eigenvalue weighted by atomic mass is 32.2. The SMILES string of the molecule is O=S([O-])CCCCC1CCCCCC1. The van der Waals surface area contributed by atoms with Crippen molar-refractivity contribution in [3.8, 4) is 0 Å². The molecule has 0 heterocycles. The van der Waals surface area contributed by atoms with Crippen molar-refractivity contribution in [2.24, 2.45) is 5.92 Å². The van der Waals surface area contributed by atoms with Crippen LogP contribution in [0.15, 0.2) is 0 Å². The van der Waals surface area contributed by atoms with Crippen LogP contribution in [0.1, 0.15) is 57.8 Å². The highest BCUT2D eigenvalue weighted by molar-refractivity contribution is 7.79. The molecule has 1 atom stereocenters. The summed E-state index contributed by atoms with van der Waals surface area (Å²) in [5.74, 6) is 1.24. The van der Waals surface area contributed by atoms with Crippen LogP contribution in [0.4, 0.5) is 0 Å². The smallest absolute Gasteiger partial charge is 0.0102 e. The first kappa shape index (κ1) is 12.2. The third-order valence-corrected chi connectivity index (χ3v) is 3.77. The van der Waals surface area contributed by atoms with Crippen LogP contribution in [0.3, 0.4) is 0 Å². The molecule has 1 unspecified atom stereocenters. The molecule has 1 aliphatic carbocycles. The average molecular weight is 217 g/mol. The van der Waals surface area contributed by atoms with Gasteiger partial charge >= 0.3 is 0 Å². The van der Waals surface area contributed by atoms with Gasteiger partial charge in [-0.3, -0.25) is 4.21 Å². The number of rotatable bonds is 5. The molecule has 0 saturated heterocycles. The molecule has 1 fully saturated rings. The molecule has 0 bridgehead atoms. The van der Waals surface area contributed by atoms with Gasteiger partial charge in [-0.05, 0) is 12.3 Å². The Bertz CT molecular complexity index is 163. The molecule has 0 aromatic carbocycles. The molecule has 0 spiro atoms. The van der Waals surface area contributed by atoms with Gasteiger partial charge in [0.2, 0.25) is 0 Å². The first-order valence-corrected chi connectivity index (χ1v) is 7.09. The minimum Gasteiger partial charge on any atom is -0.772 e. The average Bonchev–Trinajstić information content (AvgIpc) is 2.40. The van der Waals surface area contributed by atoms with Crippen LogP contribution in [-0.4, -0.2) is 14.5 Å². The second-order valence-corrected chi connectivity index (χ2v) is 5.38. The van der Waals surface area contributed by atoms with Gasteiger partial charge in [0.15, 0.2) is 0 Å². The van der Waals surface area contributed by atoms with Crippen LogP contribution in [0.5, 0.6) is 0 Å². The van der Waals surface area contributed by atoms with Crippen molar-refractivity contribution in [1.82, 2.24) is 0 Å². The van der Waals surface area contributed by atoms with Crippen molar-refractivity contribution in [3.05, 3.63) is 0 Å². The van der Waals surface area contributed by atoms with Crippen molar-refractivity contribution in [2.45, 2.75) is 57.8 Å². The normalized spacial score (nSPS) is 21.8. The van der Waals surface area contributed by atoms with E-state index in [9.17, 15) is 8.76 Å². The van der Waals surface area contributed by atoms with Gasteiger partial charge in [-0.2, -0.15) is 0 Å². The summed E-state index contributed by atoms with van der Waals surface area (Å²) in [6, 6.07) is 0. The van der Waals surface area contributed by atoms with Crippen LogP contribution in [0, 0.1) is 5.92 Å². The van der Waals surface area contributed by atoms with E-state index in [1.807, 2.05) is 0 Å². The van der Waals surface area contributed by atoms with E-state index in [0.29, 0.717) is 5.75 Å². The van der Waals surface area contributed by atoms with Gasteiger partial charge in [-0.25, -0.2) is 0 Å². The molecule has 14 heavy (non-hydrogen) atoms. The lowest BCUT2D eigenvalue weighted by atomic mass is 9.94. The summed E-state index contributed by atoms with van der Waals surface area (Å²) < 4.78 is 20.6. The summed E-state index contributed by atoms with van der Waals surface area (Å²) in [6.45, 7) is 0. The van der Waals surface area contributed by atoms with Gasteiger partial charge in [0, 0.05) is 5.75 Å². The fourth-order valence-electron chi connectivity index (χ4n) is 2.31. The first-order valence-electron chi connectivity index (χ1n) is 5.85. The van der Waals surface area contributed by atoms with Crippen LogP contribution >= 0.6 is 0 Å². The lowest BCUT2D eigenvalue weighted by molar-refractivity contribution is 0.413. The van der Waals surface area contributed by atoms with Crippen LogP contribution in [-0.2, 0) is 11.1 Å². The molecule has 1 rings (SSSR count). The minimum absolute atomic E-state index is 0.354. The molecular weight excluding hydrogens is 196 g/mol. The third kappa shape index (κ3) is 5.76. The zero-order chi connectivity index (χ0) is 10.2. The fourth-order valence-corrected chi connectivity index (χ4v) is 2.75. The number of unbranched alkanes of at least 4 members (excludes halogenated alkanes) is 1. The van der Waals surface area contributed by atoms with Crippen molar-refractivity contribution >= 4 is 11.1 Å². The summed E-state index contributed by atoms with van der Waals surface area (Å²) in [6.07, 6.45) is 11.5. The largest absolute Gasteiger partial charge is 0.772 e. The molecule has 0 aromatic heterocycles. The quantitative estimate of drug-likeness (QED) is 0.403. The molecular formula is C11H21O2S-. The highest BCUT2D eigenvalue weighted by Crippen LogP contribution is 2.26. The van der Waals surface area contributed by atoms with Crippen LogP contribution < -0.4 is 0 Å². The zero-order valence-corrected chi connectivity index (χ0v) is 9.69. The molecule has 3 heteroatoms. The van der Waals surface area contributed by atoms with E-state index in [1.165, 1.54) is 44.9 Å². The maximum absolute atomic E-state index is 10.3. The molecule has 0 aromatic rings. The summed E-state index contributed by atoms with van der Waals surface area (Å²) in [5.41, 5.74) is 0. The Kier molecular flexibility index (Phi) is 6.45. The predicted octanol–water partition coefficient (Wildman–Crippen LogP) is 3.01. The van der Waals surface area contributed by atoms with E-state index in [-0.39, 0.29) is 0 Å². The lowest BCUT2D eigenvalue weighted by Gasteiger charge is -2.13. The maximum Gasteiger partial charge on any atom is 0.0102 e. The molecule has 0 radical (unpaired) electrons.